The summed E-state index contributed by atoms with van der Waals surface area (Å²) < 4.78 is 0. The Hall–Kier alpha value is -1.84. The molecule has 0 bridgehead atoms. The Bertz CT molecular complexity index is 506. The molecule has 1 aliphatic heterocycles. The maximum atomic E-state index is 12.1. The summed E-state index contributed by atoms with van der Waals surface area (Å²) in [5, 5.41) is 3.02. The summed E-state index contributed by atoms with van der Waals surface area (Å²) in [6, 6.07) is 7.83. The Morgan fingerprint density at radius 2 is 1.90 bits per heavy atom. The van der Waals surface area contributed by atoms with Crippen LogP contribution in [0.4, 0.5) is 5.69 Å². The summed E-state index contributed by atoms with van der Waals surface area (Å²) in [7, 11) is 0. The highest BCUT2D eigenvalue weighted by Crippen LogP contribution is 2.22. The predicted octanol–water partition coefficient (Wildman–Crippen LogP) is 2.65. The van der Waals surface area contributed by atoms with Crippen molar-refractivity contribution in [1.29, 1.82) is 0 Å². The van der Waals surface area contributed by atoms with Crippen LogP contribution in [0.15, 0.2) is 24.3 Å². The van der Waals surface area contributed by atoms with Crippen molar-refractivity contribution in [2.75, 3.05) is 11.4 Å². The molecule has 1 N–H and O–H groups in total. The molecule has 1 aliphatic rings. The molecule has 0 spiro atoms. The van der Waals surface area contributed by atoms with Crippen LogP contribution in [0.3, 0.4) is 0 Å². The molecule has 114 valence electrons. The molecule has 0 aliphatic carbocycles. The zero-order chi connectivity index (χ0) is 15.4. The van der Waals surface area contributed by atoms with E-state index in [1.54, 1.807) is 4.90 Å². The summed E-state index contributed by atoms with van der Waals surface area (Å²) >= 11 is 0. The highest BCUT2D eigenvalue weighted by atomic mass is 16.2. The van der Waals surface area contributed by atoms with E-state index in [0.717, 1.165) is 18.5 Å². The van der Waals surface area contributed by atoms with E-state index in [1.165, 1.54) is 5.56 Å². The zero-order valence-corrected chi connectivity index (χ0v) is 13.1. The second-order valence-corrected chi connectivity index (χ2v) is 5.76. The van der Waals surface area contributed by atoms with Crippen LogP contribution in [0.2, 0.25) is 0 Å². The quantitative estimate of drug-likeness (QED) is 0.905. The number of carbonyl (C=O) groups is 2. The smallest absolute Gasteiger partial charge is 0.229 e. The van der Waals surface area contributed by atoms with Gasteiger partial charge in [-0.05, 0) is 31.9 Å². The molecule has 4 heteroatoms. The van der Waals surface area contributed by atoms with Crippen molar-refractivity contribution in [3.63, 3.8) is 0 Å². The normalized spacial score (nSPS) is 18.4. The minimum Gasteiger partial charge on any atom is -0.351 e. The van der Waals surface area contributed by atoms with Gasteiger partial charge >= 0.3 is 0 Å². The summed E-state index contributed by atoms with van der Waals surface area (Å²) in [5.74, 6) is 0.200. The van der Waals surface area contributed by atoms with E-state index in [-0.39, 0.29) is 23.8 Å². The zero-order valence-electron chi connectivity index (χ0n) is 13.1. The first-order valence-corrected chi connectivity index (χ1v) is 7.72. The number of anilines is 1. The van der Waals surface area contributed by atoms with E-state index in [2.05, 4.69) is 5.32 Å². The van der Waals surface area contributed by atoms with Crippen LogP contribution in [0.1, 0.15) is 38.7 Å². The van der Waals surface area contributed by atoms with Crippen molar-refractivity contribution in [2.45, 2.75) is 46.1 Å². The second-order valence-electron chi connectivity index (χ2n) is 5.76. The van der Waals surface area contributed by atoms with E-state index in [1.807, 2.05) is 45.0 Å². The fraction of sp³-hybridized carbons (Fsp3) is 0.529. The van der Waals surface area contributed by atoms with Crippen molar-refractivity contribution in [3.8, 4) is 0 Å². The second kappa shape index (κ2) is 6.74. The van der Waals surface area contributed by atoms with Crippen LogP contribution in [0, 0.1) is 12.8 Å². The highest BCUT2D eigenvalue weighted by Gasteiger charge is 2.32. The lowest BCUT2D eigenvalue weighted by Gasteiger charge is -2.19. The standard InChI is InChI=1S/C17H24N2O2/c1-4-13(5-2)17(21)18-14-10-16(20)19(11-14)15-8-6-12(3)7-9-15/h6-9,13-14H,4-5,10-11H2,1-3H3,(H,18,21)/t14-/m1/s1. The number of aryl methyl sites for hydroxylation is 1. The van der Waals surface area contributed by atoms with Crippen molar-refractivity contribution in [2.24, 2.45) is 5.92 Å². The van der Waals surface area contributed by atoms with Gasteiger partial charge in [0.1, 0.15) is 0 Å². The average molecular weight is 288 g/mol. The van der Waals surface area contributed by atoms with Gasteiger partial charge in [0.05, 0.1) is 6.04 Å². The van der Waals surface area contributed by atoms with Gasteiger partial charge in [0.25, 0.3) is 0 Å². The summed E-state index contributed by atoms with van der Waals surface area (Å²) in [6.07, 6.45) is 2.06. The van der Waals surface area contributed by atoms with Crippen LogP contribution in [0.5, 0.6) is 0 Å². The van der Waals surface area contributed by atoms with Crippen LogP contribution in [-0.4, -0.2) is 24.4 Å². The summed E-state index contributed by atoms with van der Waals surface area (Å²) in [5.41, 5.74) is 2.08. The molecule has 0 unspecified atom stereocenters. The van der Waals surface area contributed by atoms with Gasteiger partial charge in [-0.15, -0.1) is 0 Å². The van der Waals surface area contributed by atoms with Gasteiger partial charge in [-0.3, -0.25) is 9.59 Å². The third-order valence-corrected chi connectivity index (χ3v) is 4.17. The van der Waals surface area contributed by atoms with Crippen LogP contribution in [0.25, 0.3) is 0 Å². The number of nitrogens with one attached hydrogen (secondary N) is 1. The molecule has 1 atom stereocenters. The lowest BCUT2D eigenvalue weighted by molar-refractivity contribution is -0.125. The molecule has 1 saturated heterocycles. The Morgan fingerprint density at radius 1 is 1.29 bits per heavy atom. The third-order valence-electron chi connectivity index (χ3n) is 4.17. The molecule has 2 amide bonds. The lowest BCUT2D eigenvalue weighted by Crippen LogP contribution is -2.40. The number of amides is 2. The van der Waals surface area contributed by atoms with Crippen LogP contribution in [-0.2, 0) is 9.59 Å². The average Bonchev–Trinajstić information content (AvgIpc) is 2.81. The van der Waals surface area contributed by atoms with Crippen molar-refractivity contribution >= 4 is 17.5 Å². The number of hydrogen-bond acceptors (Lipinski definition) is 2. The molecule has 0 saturated carbocycles. The molecular formula is C17H24N2O2. The number of benzene rings is 1. The van der Waals surface area contributed by atoms with Crippen LogP contribution >= 0.6 is 0 Å². The molecule has 21 heavy (non-hydrogen) atoms. The minimum atomic E-state index is -0.0769. The Morgan fingerprint density at radius 3 is 2.48 bits per heavy atom. The largest absolute Gasteiger partial charge is 0.351 e. The Labute approximate surface area is 126 Å². The van der Waals surface area contributed by atoms with Gasteiger partial charge in [-0.2, -0.15) is 0 Å². The van der Waals surface area contributed by atoms with Crippen molar-refractivity contribution in [3.05, 3.63) is 29.8 Å². The molecule has 1 heterocycles. The van der Waals surface area contributed by atoms with Gasteiger partial charge in [0.2, 0.25) is 11.8 Å². The minimum absolute atomic E-state index is 0.0496. The Balaban J connectivity index is 1.99. The molecule has 4 nitrogen and oxygen atoms in total. The van der Waals surface area contributed by atoms with E-state index < -0.39 is 0 Å². The van der Waals surface area contributed by atoms with Crippen molar-refractivity contribution < 1.29 is 9.59 Å². The Kier molecular flexibility index (Phi) is 4.99. The molecular weight excluding hydrogens is 264 g/mol. The van der Waals surface area contributed by atoms with Gasteiger partial charge in [0, 0.05) is 24.6 Å². The van der Waals surface area contributed by atoms with Crippen molar-refractivity contribution in [1.82, 2.24) is 5.32 Å². The van der Waals surface area contributed by atoms with Gasteiger partial charge in [0.15, 0.2) is 0 Å². The van der Waals surface area contributed by atoms with E-state index in [0.29, 0.717) is 13.0 Å². The highest BCUT2D eigenvalue weighted by molar-refractivity contribution is 5.96. The number of nitrogens with zero attached hydrogens (tertiary/aromatic N) is 1. The molecule has 0 aromatic heterocycles. The first kappa shape index (κ1) is 15.5. The van der Waals surface area contributed by atoms with Gasteiger partial charge in [-0.1, -0.05) is 31.5 Å². The molecule has 0 radical (unpaired) electrons. The summed E-state index contributed by atoms with van der Waals surface area (Å²) in [6.45, 7) is 6.63. The molecule has 2 rings (SSSR count). The number of rotatable bonds is 5. The molecule has 1 fully saturated rings. The molecule has 1 aromatic carbocycles. The van der Waals surface area contributed by atoms with E-state index in [9.17, 15) is 9.59 Å². The predicted molar refractivity (Wildman–Crippen MR) is 84.2 cm³/mol. The topological polar surface area (TPSA) is 49.4 Å². The maximum absolute atomic E-state index is 12.1. The van der Waals surface area contributed by atoms with E-state index in [4.69, 9.17) is 0 Å². The number of carbonyl (C=O) groups excluding carboxylic acids is 2. The fourth-order valence-corrected chi connectivity index (χ4v) is 2.76. The first-order valence-electron chi connectivity index (χ1n) is 7.72. The summed E-state index contributed by atoms with van der Waals surface area (Å²) in [4.78, 5) is 26.0. The SMILES string of the molecule is CCC(CC)C(=O)N[C@@H]1CC(=O)N(c2ccc(C)cc2)C1. The van der Waals surface area contributed by atoms with Gasteiger partial charge in [-0.25, -0.2) is 0 Å². The number of hydrogen-bond donors (Lipinski definition) is 1. The third kappa shape index (κ3) is 3.63. The van der Waals surface area contributed by atoms with Crippen LogP contribution < -0.4 is 10.2 Å². The first-order chi connectivity index (χ1) is 10.0. The fourth-order valence-electron chi connectivity index (χ4n) is 2.76. The van der Waals surface area contributed by atoms with E-state index >= 15 is 0 Å². The lowest BCUT2D eigenvalue weighted by atomic mass is 10.0. The van der Waals surface area contributed by atoms with Gasteiger partial charge < -0.3 is 10.2 Å². The monoisotopic (exact) mass is 288 g/mol. The maximum Gasteiger partial charge on any atom is 0.229 e. The molecule has 1 aromatic rings.